The summed E-state index contributed by atoms with van der Waals surface area (Å²) in [6.45, 7) is 6.18. The summed E-state index contributed by atoms with van der Waals surface area (Å²) in [7, 11) is 0. The number of carbonyl (C=O) groups excluding carboxylic acids is 1. The zero-order valence-electron chi connectivity index (χ0n) is 11.1. The van der Waals surface area contributed by atoms with Gasteiger partial charge in [0.25, 0.3) is 0 Å². The lowest BCUT2D eigenvalue weighted by atomic mass is 9.79. The van der Waals surface area contributed by atoms with Crippen LogP contribution in [0.1, 0.15) is 32.8 Å². The van der Waals surface area contributed by atoms with Crippen LogP contribution in [-0.2, 0) is 15.1 Å². The molecule has 0 aromatic heterocycles. The standard InChI is InChI=1S/C15H19NO2/c1-4-18-13(17)14(2)10-15(3,16-11-14)12-8-6-5-7-9-12/h5-9,11H,4,10H2,1-3H3. The van der Waals surface area contributed by atoms with Gasteiger partial charge in [-0.3, -0.25) is 9.79 Å². The van der Waals surface area contributed by atoms with Gasteiger partial charge >= 0.3 is 5.97 Å². The Balaban J connectivity index is 2.23. The molecule has 3 heteroatoms. The molecule has 3 nitrogen and oxygen atoms in total. The number of nitrogens with zero attached hydrogens (tertiary/aromatic N) is 1. The van der Waals surface area contributed by atoms with Crippen LogP contribution in [0.5, 0.6) is 0 Å². The lowest BCUT2D eigenvalue weighted by Crippen LogP contribution is -2.32. The van der Waals surface area contributed by atoms with Gasteiger partial charge in [0.2, 0.25) is 0 Å². The van der Waals surface area contributed by atoms with Gasteiger partial charge in [-0.2, -0.15) is 0 Å². The largest absolute Gasteiger partial charge is 0.465 e. The van der Waals surface area contributed by atoms with Crippen LogP contribution < -0.4 is 0 Å². The number of carbonyl (C=O) groups is 1. The van der Waals surface area contributed by atoms with Crippen molar-refractivity contribution in [3.63, 3.8) is 0 Å². The SMILES string of the molecule is CCOC(=O)C1(C)C=NC(C)(c2ccccc2)C1. The Kier molecular flexibility index (Phi) is 3.24. The molecule has 1 aromatic carbocycles. The second-order valence-electron chi connectivity index (χ2n) is 5.21. The molecular formula is C15H19NO2. The van der Waals surface area contributed by atoms with Crippen molar-refractivity contribution in [2.24, 2.45) is 10.4 Å². The van der Waals surface area contributed by atoms with Crippen molar-refractivity contribution in [2.75, 3.05) is 6.61 Å². The van der Waals surface area contributed by atoms with Crippen molar-refractivity contribution >= 4 is 12.2 Å². The topological polar surface area (TPSA) is 38.7 Å². The van der Waals surface area contributed by atoms with E-state index in [1.807, 2.05) is 44.2 Å². The molecule has 0 amide bonds. The van der Waals surface area contributed by atoms with Crippen molar-refractivity contribution in [3.05, 3.63) is 35.9 Å². The summed E-state index contributed by atoms with van der Waals surface area (Å²) in [5.74, 6) is -0.187. The first kappa shape index (κ1) is 12.8. The molecule has 1 aliphatic rings. The molecule has 1 aliphatic heterocycles. The molecule has 0 radical (unpaired) electrons. The fraction of sp³-hybridized carbons (Fsp3) is 0.467. The Labute approximate surface area is 108 Å². The van der Waals surface area contributed by atoms with E-state index in [2.05, 4.69) is 11.9 Å². The first-order valence-electron chi connectivity index (χ1n) is 6.29. The smallest absolute Gasteiger partial charge is 0.317 e. The van der Waals surface area contributed by atoms with Crippen molar-refractivity contribution < 1.29 is 9.53 Å². The summed E-state index contributed by atoms with van der Waals surface area (Å²) in [5, 5.41) is 0. The maximum absolute atomic E-state index is 12.0. The van der Waals surface area contributed by atoms with E-state index in [1.54, 1.807) is 6.21 Å². The van der Waals surface area contributed by atoms with Crippen molar-refractivity contribution in [3.8, 4) is 0 Å². The molecule has 1 heterocycles. The van der Waals surface area contributed by atoms with Gasteiger partial charge in [0.05, 0.1) is 12.1 Å². The zero-order chi connectivity index (χ0) is 13.2. The third-order valence-electron chi connectivity index (χ3n) is 3.48. The summed E-state index contributed by atoms with van der Waals surface area (Å²) in [5.41, 5.74) is 0.192. The molecule has 0 aliphatic carbocycles. The van der Waals surface area contributed by atoms with Crippen molar-refractivity contribution in [1.29, 1.82) is 0 Å². The normalized spacial score (nSPS) is 30.4. The highest BCUT2D eigenvalue weighted by molar-refractivity contribution is 5.96. The monoisotopic (exact) mass is 245 g/mol. The molecule has 0 N–H and O–H groups in total. The number of hydrogen-bond acceptors (Lipinski definition) is 3. The maximum atomic E-state index is 12.0. The van der Waals surface area contributed by atoms with Crippen LogP contribution in [0.2, 0.25) is 0 Å². The average Bonchev–Trinajstić information content (AvgIpc) is 2.70. The minimum Gasteiger partial charge on any atom is -0.465 e. The highest BCUT2D eigenvalue weighted by Gasteiger charge is 2.46. The molecule has 0 bridgehead atoms. The Morgan fingerprint density at radius 3 is 2.61 bits per heavy atom. The van der Waals surface area contributed by atoms with E-state index < -0.39 is 5.41 Å². The Hall–Kier alpha value is -1.64. The Morgan fingerprint density at radius 1 is 1.33 bits per heavy atom. The molecule has 2 unspecified atom stereocenters. The third kappa shape index (κ3) is 2.17. The van der Waals surface area contributed by atoms with Gasteiger partial charge in [0.1, 0.15) is 5.41 Å². The summed E-state index contributed by atoms with van der Waals surface area (Å²) in [6.07, 6.45) is 2.40. The molecular weight excluding hydrogens is 226 g/mol. The van der Waals surface area contributed by atoms with Gasteiger partial charge in [-0.1, -0.05) is 30.3 Å². The molecule has 0 fully saturated rings. The van der Waals surface area contributed by atoms with Crippen LogP contribution in [0.3, 0.4) is 0 Å². The molecule has 2 rings (SSSR count). The van der Waals surface area contributed by atoms with Crippen molar-refractivity contribution in [2.45, 2.75) is 32.7 Å². The fourth-order valence-corrected chi connectivity index (χ4v) is 2.49. The predicted molar refractivity (Wildman–Crippen MR) is 71.6 cm³/mol. The van der Waals surface area contributed by atoms with E-state index in [1.165, 1.54) is 0 Å². The van der Waals surface area contributed by atoms with Gasteiger partial charge in [0.15, 0.2) is 0 Å². The second-order valence-corrected chi connectivity index (χ2v) is 5.21. The van der Waals surface area contributed by atoms with Crippen LogP contribution in [0.15, 0.2) is 35.3 Å². The highest BCUT2D eigenvalue weighted by Crippen LogP contribution is 2.43. The molecule has 2 atom stereocenters. The fourth-order valence-electron chi connectivity index (χ4n) is 2.49. The molecule has 0 saturated carbocycles. The van der Waals surface area contributed by atoms with Gasteiger partial charge in [-0.05, 0) is 32.8 Å². The number of aliphatic imine (C=N–C) groups is 1. The molecule has 96 valence electrons. The van der Waals surface area contributed by atoms with Crippen molar-refractivity contribution in [1.82, 2.24) is 0 Å². The Morgan fingerprint density at radius 2 is 2.00 bits per heavy atom. The van der Waals surface area contributed by atoms with Gasteiger partial charge in [-0.25, -0.2) is 0 Å². The third-order valence-corrected chi connectivity index (χ3v) is 3.48. The minimum absolute atomic E-state index is 0.187. The van der Waals surface area contributed by atoms with Crippen LogP contribution in [0.25, 0.3) is 0 Å². The van der Waals surface area contributed by atoms with E-state index in [9.17, 15) is 4.79 Å². The Bertz CT molecular complexity index is 469. The molecule has 0 saturated heterocycles. The first-order valence-corrected chi connectivity index (χ1v) is 6.29. The van der Waals surface area contributed by atoms with E-state index >= 15 is 0 Å². The second kappa shape index (κ2) is 4.56. The quantitative estimate of drug-likeness (QED) is 0.768. The number of esters is 1. The zero-order valence-corrected chi connectivity index (χ0v) is 11.1. The number of ether oxygens (including phenoxy) is 1. The summed E-state index contributed by atoms with van der Waals surface area (Å²) >= 11 is 0. The van der Waals surface area contributed by atoms with Gasteiger partial charge in [0, 0.05) is 6.21 Å². The number of rotatable bonds is 3. The van der Waals surface area contributed by atoms with Crippen LogP contribution in [-0.4, -0.2) is 18.8 Å². The molecule has 1 aromatic rings. The van der Waals surface area contributed by atoms with Crippen LogP contribution in [0.4, 0.5) is 0 Å². The molecule has 18 heavy (non-hydrogen) atoms. The van der Waals surface area contributed by atoms with Gasteiger partial charge in [-0.15, -0.1) is 0 Å². The van der Waals surface area contributed by atoms with E-state index in [0.717, 1.165) is 5.56 Å². The van der Waals surface area contributed by atoms with Gasteiger partial charge < -0.3 is 4.74 Å². The van der Waals surface area contributed by atoms with E-state index in [0.29, 0.717) is 13.0 Å². The lowest BCUT2D eigenvalue weighted by molar-refractivity contribution is -0.150. The van der Waals surface area contributed by atoms with Crippen LogP contribution >= 0.6 is 0 Å². The summed E-state index contributed by atoms with van der Waals surface area (Å²) < 4.78 is 5.13. The lowest BCUT2D eigenvalue weighted by Gasteiger charge is -2.26. The van der Waals surface area contributed by atoms with E-state index in [-0.39, 0.29) is 11.5 Å². The first-order chi connectivity index (χ1) is 8.50. The molecule has 0 spiro atoms. The predicted octanol–water partition coefficient (Wildman–Crippen LogP) is 2.95. The maximum Gasteiger partial charge on any atom is 0.317 e. The van der Waals surface area contributed by atoms with Crippen LogP contribution in [0, 0.1) is 5.41 Å². The number of hydrogen-bond donors (Lipinski definition) is 0. The summed E-state index contributed by atoms with van der Waals surface area (Å²) in [6, 6.07) is 10.1. The highest BCUT2D eigenvalue weighted by atomic mass is 16.5. The minimum atomic E-state index is -0.611. The number of benzene rings is 1. The average molecular weight is 245 g/mol. The summed E-state index contributed by atoms with van der Waals surface area (Å²) in [4.78, 5) is 16.5. The van der Waals surface area contributed by atoms with E-state index in [4.69, 9.17) is 4.74 Å².